The predicted octanol–water partition coefficient (Wildman–Crippen LogP) is 5.47. The fourth-order valence-electron chi connectivity index (χ4n) is 4.05. The van der Waals surface area contributed by atoms with Gasteiger partial charge in [0.2, 0.25) is 0 Å². The number of aliphatic hydroxyl groups is 1. The van der Waals surface area contributed by atoms with Crippen molar-refractivity contribution < 1.29 is 24.2 Å². The van der Waals surface area contributed by atoms with E-state index in [4.69, 9.17) is 9.47 Å². The van der Waals surface area contributed by atoms with E-state index in [1.54, 1.807) is 25.3 Å². The van der Waals surface area contributed by atoms with Crippen LogP contribution in [-0.4, -0.2) is 34.9 Å². The molecule has 0 radical (unpaired) electrons. The number of amides is 1. The van der Waals surface area contributed by atoms with Gasteiger partial charge in [0, 0.05) is 17.0 Å². The second-order valence-corrected chi connectivity index (χ2v) is 9.42. The molecule has 2 heterocycles. The summed E-state index contributed by atoms with van der Waals surface area (Å²) < 4.78 is 11.0. The van der Waals surface area contributed by atoms with Crippen molar-refractivity contribution in [2.45, 2.75) is 39.5 Å². The number of hydrogen-bond donors (Lipinski definition) is 1. The minimum absolute atomic E-state index is 0.0141. The molecule has 7 heteroatoms. The number of nitrogens with zero attached hydrogens (tertiary/aromatic N) is 1. The predicted molar refractivity (Wildman–Crippen MR) is 132 cm³/mol. The number of carbonyl (C=O) groups excluding carboxylic acids is 2. The Morgan fingerprint density at radius 2 is 1.85 bits per heavy atom. The van der Waals surface area contributed by atoms with Crippen LogP contribution in [0.25, 0.3) is 5.76 Å². The van der Waals surface area contributed by atoms with Crippen LogP contribution < -0.4 is 9.47 Å². The number of ether oxygens (including phenoxy) is 2. The number of benzene rings is 2. The minimum Gasteiger partial charge on any atom is -0.507 e. The smallest absolute Gasteiger partial charge is 0.295 e. The largest absolute Gasteiger partial charge is 0.507 e. The monoisotopic (exact) mass is 477 g/mol. The molecule has 0 bridgehead atoms. The quantitative estimate of drug-likeness (QED) is 0.277. The Hall–Kier alpha value is -3.58. The van der Waals surface area contributed by atoms with Crippen molar-refractivity contribution in [1.82, 2.24) is 4.90 Å². The number of rotatable bonds is 7. The number of aliphatic hydroxyl groups excluding tert-OH is 1. The highest BCUT2D eigenvalue weighted by molar-refractivity contribution is 7.10. The summed E-state index contributed by atoms with van der Waals surface area (Å²) in [5.41, 5.74) is 2.25. The summed E-state index contributed by atoms with van der Waals surface area (Å²) in [7, 11) is 1.59. The van der Waals surface area contributed by atoms with E-state index in [-0.39, 0.29) is 24.0 Å². The zero-order chi connectivity index (χ0) is 24.4. The molecule has 0 spiro atoms. The Bertz CT molecular complexity index is 1230. The number of thiophene rings is 1. The standard InChI is InChI=1S/C27H27NO5S/c1-16(2)33-21-12-9-19(14-17(21)3)25(29)23-24(22-6-5-13-34-22)28(27(31)26(23)30)15-18-7-10-20(32-4)11-8-18/h5-14,16,24,29H,15H2,1-4H3/b25-23-. The van der Waals surface area contributed by atoms with Crippen molar-refractivity contribution >= 4 is 28.8 Å². The lowest BCUT2D eigenvalue weighted by molar-refractivity contribution is -0.140. The molecule has 1 N–H and O–H groups in total. The first-order valence-corrected chi connectivity index (χ1v) is 11.9. The highest BCUT2D eigenvalue weighted by Gasteiger charge is 2.46. The lowest BCUT2D eigenvalue weighted by Gasteiger charge is -2.24. The van der Waals surface area contributed by atoms with Gasteiger partial charge in [-0.05, 0) is 73.7 Å². The van der Waals surface area contributed by atoms with Crippen molar-refractivity contribution in [3.63, 3.8) is 0 Å². The molecule has 1 aliphatic rings. The maximum atomic E-state index is 13.2. The summed E-state index contributed by atoms with van der Waals surface area (Å²) in [4.78, 5) is 28.6. The summed E-state index contributed by atoms with van der Waals surface area (Å²) in [6.07, 6.45) is 0.0141. The second-order valence-electron chi connectivity index (χ2n) is 8.44. The number of likely N-dealkylation sites (tertiary alicyclic amines) is 1. The van der Waals surface area contributed by atoms with Gasteiger partial charge in [-0.1, -0.05) is 18.2 Å². The highest BCUT2D eigenvalue weighted by Crippen LogP contribution is 2.42. The molecule has 34 heavy (non-hydrogen) atoms. The molecular weight excluding hydrogens is 450 g/mol. The van der Waals surface area contributed by atoms with Crippen LogP contribution in [0.1, 0.15) is 41.5 Å². The third-order valence-corrected chi connectivity index (χ3v) is 6.60. The third-order valence-electron chi connectivity index (χ3n) is 5.68. The molecule has 1 aromatic heterocycles. The number of Topliss-reactive ketones (excluding diaryl/α,β-unsaturated/α-hetero) is 1. The summed E-state index contributed by atoms with van der Waals surface area (Å²) in [5.74, 6) is -0.0906. The van der Waals surface area contributed by atoms with Crippen LogP contribution in [0.4, 0.5) is 0 Å². The van der Waals surface area contributed by atoms with Gasteiger partial charge in [-0.3, -0.25) is 9.59 Å². The van der Waals surface area contributed by atoms with E-state index in [1.165, 1.54) is 16.2 Å². The highest BCUT2D eigenvalue weighted by atomic mass is 32.1. The first kappa shape index (κ1) is 23.6. The number of ketones is 1. The van der Waals surface area contributed by atoms with Crippen molar-refractivity contribution in [2.24, 2.45) is 0 Å². The van der Waals surface area contributed by atoms with Gasteiger partial charge in [0.1, 0.15) is 17.3 Å². The van der Waals surface area contributed by atoms with Crippen LogP contribution in [-0.2, 0) is 16.1 Å². The van der Waals surface area contributed by atoms with Crippen LogP contribution in [0.5, 0.6) is 11.5 Å². The SMILES string of the molecule is COc1ccc(CN2C(=O)C(=O)/C(=C(\O)c3ccc(OC(C)C)c(C)c3)C2c2cccs2)cc1. The van der Waals surface area contributed by atoms with Gasteiger partial charge < -0.3 is 19.5 Å². The Morgan fingerprint density at radius 1 is 1.12 bits per heavy atom. The van der Waals surface area contributed by atoms with Crippen LogP contribution in [0.15, 0.2) is 65.6 Å². The lowest BCUT2D eigenvalue weighted by atomic mass is 9.98. The first-order valence-electron chi connectivity index (χ1n) is 11.0. The Morgan fingerprint density at radius 3 is 2.44 bits per heavy atom. The second kappa shape index (κ2) is 9.73. The maximum absolute atomic E-state index is 13.2. The number of methoxy groups -OCH3 is 1. The fraction of sp³-hybridized carbons (Fsp3) is 0.259. The van der Waals surface area contributed by atoms with E-state index in [0.717, 1.165) is 16.0 Å². The fourth-order valence-corrected chi connectivity index (χ4v) is 4.90. The van der Waals surface area contributed by atoms with E-state index < -0.39 is 17.7 Å². The Balaban J connectivity index is 1.76. The molecule has 0 saturated carbocycles. The zero-order valence-electron chi connectivity index (χ0n) is 19.6. The molecule has 3 aromatic rings. The molecule has 6 nitrogen and oxygen atoms in total. The molecule has 176 valence electrons. The molecule has 1 fully saturated rings. The Labute approximate surface area is 203 Å². The molecule has 4 rings (SSSR count). The molecular formula is C27H27NO5S. The van der Waals surface area contributed by atoms with Gasteiger partial charge in [0.15, 0.2) is 0 Å². The molecule has 1 atom stereocenters. The zero-order valence-corrected chi connectivity index (χ0v) is 20.4. The van der Waals surface area contributed by atoms with Crippen LogP contribution in [0, 0.1) is 6.92 Å². The summed E-state index contributed by atoms with van der Waals surface area (Å²) in [6, 6.07) is 15.7. The van der Waals surface area contributed by atoms with E-state index >= 15 is 0 Å². The molecule has 1 aliphatic heterocycles. The molecule has 2 aromatic carbocycles. The van der Waals surface area contributed by atoms with Crippen LogP contribution in [0.3, 0.4) is 0 Å². The van der Waals surface area contributed by atoms with Gasteiger partial charge in [0.25, 0.3) is 11.7 Å². The van der Waals surface area contributed by atoms with Crippen molar-refractivity contribution in [3.05, 3.63) is 87.1 Å². The van der Waals surface area contributed by atoms with Crippen LogP contribution >= 0.6 is 11.3 Å². The topological polar surface area (TPSA) is 76.1 Å². The van der Waals surface area contributed by atoms with Gasteiger partial charge in [-0.15, -0.1) is 11.3 Å². The van der Waals surface area contributed by atoms with Crippen molar-refractivity contribution in [1.29, 1.82) is 0 Å². The summed E-state index contributed by atoms with van der Waals surface area (Å²) in [5, 5.41) is 13.1. The van der Waals surface area contributed by atoms with Gasteiger partial charge >= 0.3 is 0 Å². The average molecular weight is 478 g/mol. The first-order chi connectivity index (χ1) is 16.3. The number of hydrogen-bond acceptors (Lipinski definition) is 6. The van der Waals surface area contributed by atoms with Gasteiger partial charge in [-0.25, -0.2) is 0 Å². The summed E-state index contributed by atoms with van der Waals surface area (Å²) >= 11 is 1.44. The lowest BCUT2D eigenvalue weighted by Crippen LogP contribution is -2.28. The van der Waals surface area contributed by atoms with E-state index in [1.807, 2.05) is 62.5 Å². The van der Waals surface area contributed by atoms with E-state index in [2.05, 4.69) is 0 Å². The van der Waals surface area contributed by atoms with Crippen LogP contribution in [0.2, 0.25) is 0 Å². The third kappa shape index (κ3) is 4.56. The molecule has 0 aliphatic carbocycles. The van der Waals surface area contributed by atoms with E-state index in [0.29, 0.717) is 17.1 Å². The molecule has 1 amide bonds. The summed E-state index contributed by atoms with van der Waals surface area (Å²) in [6.45, 7) is 6.00. The molecule has 1 saturated heterocycles. The van der Waals surface area contributed by atoms with Crippen molar-refractivity contribution in [3.8, 4) is 11.5 Å². The van der Waals surface area contributed by atoms with Gasteiger partial charge in [0.05, 0.1) is 24.8 Å². The van der Waals surface area contributed by atoms with E-state index in [9.17, 15) is 14.7 Å². The number of carbonyl (C=O) groups is 2. The normalized spacial score (nSPS) is 17.4. The maximum Gasteiger partial charge on any atom is 0.295 e. The average Bonchev–Trinajstić information content (AvgIpc) is 3.43. The number of aryl methyl sites for hydroxylation is 1. The molecule has 1 unspecified atom stereocenters. The Kier molecular flexibility index (Phi) is 6.75. The van der Waals surface area contributed by atoms with Gasteiger partial charge in [-0.2, -0.15) is 0 Å². The minimum atomic E-state index is -0.690. The van der Waals surface area contributed by atoms with Crippen molar-refractivity contribution in [2.75, 3.05) is 7.11 Å².